The highest BCUT2D eigenvalue weighted by Gasteiger charge is 1.99. The van der Waals surface area contributed by atoms with Gasteiger partial charge in [0.2, 0.25) is 0 Å². The van der Waals surface area contributed by atoms with Gasteiger partial charge in [0.05, 0.1) is 6.61 Å². The van der Waals surface area contributed by atoms with Crippen LogP contribution in [0.5, 0.6) is 5.75 Å². The molecule has 2 aromatic carbocycles. The van der Waals surface area contributed by atoms with Gasteiger partial charge in [-0.15, -0.1) is 0 Å². The zero-order chi connectivity index (χ0) is 13.5. The van der Waals surface area contributed by atoms with Crippen LogP contribution < -0.4 is 4.74 Å². The standard InChI is InChI=1S/C18H22O/c1-15(2)17-10-12-18(13-11-17)19-14-6-9-16-7-4-3-5-8-16/h3-5,7-8,10-13,15H,6,9,14H2,1-2H3. The summed E-state index contributed by atoms with van der Waals surface area (Å²) in [4.78, 5) is 0. The molecule has 0 saturated heterocycles. The monoisotopic (exact) mass is 254 g/mol. The van der Waals surface area contributed by atoms with Gasteiger partial charge in [0.15, 0.2) is 0 Å². The summed E-state index contributed by atoms with van der Waals surface area (Å²) < 4.78 is 5.76. The Kier molecular flexibility index (Phi) is 5.02. The molecule has 0 fully saturated rings. The Hall–Kier alpha value is -1.76. The maximum atomic E-state index is 5.76. The molecule has 0 N–H and O–H groups in total. The molecule has 0 amide bonds. The van der Waals surface area contributed by atoms with E-state index in [0.717, 1.165) is 25.2 Å². The van der Waals surface area contributed by atoms with Crippen molar-refractivity contribution in [2.75, 3.05) is 6.61 Å². The molecular weight excluding hydrogens is 232 g/mol. The van der Waals surface area contributed by atoms with E-state index in [9.17, 15) is 0 Å². The molecule has 0 aromatic heterocycles. The first-order valence-corrected chi connectivity index (χ1v) is 7.02. The average molecular weight is 254 g/mol. The van der Waals surface area contributed by atoms with Crippen molar-refractivity contribution < 1.29 is 4.74 Å². The largest absolute Gasteiger partial charge is 0.494 e. The molecular formula is C18H22O. The lowest BCUT2D eigenvalue weighted by molar-refractivity contribution is 0.311. The smallest absolute Gasteiger partial charge is 0.119 e. The minimum Gasteiger partial charge on any atom is -0.494 e. The third-order valence-electron chi connectivity index (χ3n) is 3.27. The van der Waals surface area contributed by atoms with Crippen molar-refractivity contribution in [2.24, 2.45) is 0 Å². The number of aryl methyl sites for hydroxylation is 1. The summed E-state index contributed by atoms with van der Waals surface area (Å²) in [5, 5.41) is 0. The minimum absolute atomic E-state index is 0.576. The van der Waals surface area contributed by atoms with E-state index in [2.05, 4.69) is 68.4 Å². The van der Waals surface area contributed by atoms with E-state index in [0.29, 0.717) is 5.92 Å². The number of rotatable bonds is 6. The fourth-order valence-corrected chi connectivity index (χ4v) is 2.06. The highest BCUT2D eigenvalue weighted by molar-refractivity contribution is 5.28. The van der Waals surface area contributed by atoms with Gasteiger partial charge in [-0.2, -0.15) is 0 Å². The zero-order valence-electron chi connectivity index (χ0n) is 11.8. The van der Waals surface area contributed by atoms with Crippen LogP contribution in [0, 0.1) is 0 Å². The molecule has 0 aliphatic carbocycles. The summed E-state index contributed by atoms with van der Waals surface area (Å²) in [6.07, 6.45) is 2.13. The van der Waals surface area contributed by atoms with E-state index < -0.39 is 0 Å². The SMILES string of the molecule is CC(C)c1ccc(OCCCc2ccccc2)cc1. The van der Waals surface area contributed by atoms with Crippen LogP contribution in [-0.4, -0.2) is 6.61 Å². The van der Waals surface area contributed by atoms with Crippen molar-refractivity contribution in [3.05, 3.63) is 65.7 Å². The molecule has 0 aliphatic heterocycles. The fraction of sp³-hybridized carbons (Fsp3) is 0.333. The molecule has 0 unspecified atom stereocenters. The Bertz CT molecular complexity index is 471. The van der Waals surface area contributed by atoms with Crippen LogP contribution in [0.2, 0.25) is 0 Å². The van der Waals surface area contributed by atoms with Gasteiger partial charge in [-0.1, -0.05) is 56.3 Å². The van der Waals surface area contributed by atoms with Crippen molar-refractivity contribution in [3.63, 3.8) is 0 Å². The predicted molar refractivity (Wildman–Crippen MR) is 80.8 cm³/mol. The predicted octanol–water partition coefficient (Wildman–Crippen LogP) is 4.82. The van der Waals surface area contributed by atoms with E-state index in [-0.39, 0.29) is 0 Å². The Balaban J connectivity index is 1.74. The molecule has 2 rings (SSSR count). The van der Waals surface area contributed by atoms with E-state index in [1.807, 2.05) is 0 Å². The molecule has 1 nitrogen and oxygen atoms in total. The first-order valence-electron chi connectivity index (χ1n) is 7.02. The van der Waals surface area contributed by atoms with Crippen molar-refractivity contribution in [1.29, 1.82) is 0 Å². The van der Waals surface area contributed by atoms with Gasteiger partial charge in [0.1, 0.15) is 5.75 Å². The zero-order valence-corrected chi connectivity index (χ0v) is 11.8. The topological polar surface area (TPSA) is 9.23 Å². The maximum absolute atomic E-state index is 5.76. The van der Waals surface area contributed by atoms with Crippen LogP contribution in [0.25, 0.3) is 0 Å². The van der Waals surface area contributed by atoms with Gasteiger partial charge in [-0.25, -0.2) is 0 Å². The quantitative estimate of drug-likeness (QED) is 0.671. The second kappa shape index (κ2) is 6.98. The second-order valence-electron chi connectivity index (χ2n) is 5.16. The third kappa shape index (κ3) is 4.44. The van der Waals surface area contributed by atoms with Gasteiger partial charge in [-0.3, -0.25) is 0 Å². The Morgan fingerprint density at radius 1 is 0.895 bits per heavy atom. The van der Waals surface area contributed by atoms with Crippen LogP contribution in [0.1, 0.15) is 37.3 Å². The lowest BCUT2D eigenvalue weighted by Crippen LogP contribution is -1.99. The van der Waals surface area contributed by atoms with Crippen LogP contribution in [-0.2, 0) is 6.42 Å². The molecule has 0 saturated carbocycles. The molecule has 0 spiro atoms. The molecule has 0 radical (unpaired) electrons. The average Bonchev–Trinajstić information content (AvgIpc) is 2.45. The number of hydrogen-bond acceptors (Lipinski definition) is 1. The van der Waals surface area contributed by atoms with Crippen LogP contribution in [0.4, 0.5) is 0 Å². The van der Waals surface area contributed by atoms with Gasteiger partial charge < -0.3 is 4.74 Å². The highest BCUT2D eigenvalue weighted by atomic mass is 16.5. The molecule has 0 heterocycles. The normalized spacial score (nSPS) is 10.7. The van der Waals surface area contributed by atoms with Gasteiger partial charge in [-0.05, 0) is 42.0 Å². The van der Waals surface area contributed by atoms with Crippen molar-refractivity contribution in [1.82, 2.24) is 0 Å². The molecule has 19 heavy (non-hydrogen) atoms. The summed E-state index contributed by atoms with van der Waals surface area (Å²) in [7, 11) is 0. The van der Waals surface area contributed by atoms with Gasteiger partial charge in [0, 0.05) is 0 Å². The maximum Gasteiger partial charge on any atom is 0.119 e. The van der Waals surface area contributed by atoms with Crippen LogP contribution >= 0.6 is 0 Å². The van der Waals surface area contributed by atoms with Crippen LogP contribution in [0.15, 0.2) is 54.6 Å². The second-order valence-corrected chi connectivity index (χ2v) is 5.16. The highest BCUT2D eigenvalue weighted by Crippen LogP contribution is 2.18. The summed E-state index contributed by atoms with van der Waals surface area (Å²) >= 11 is 0. The molecule has 0 bridgehead atoms. The number of benzene rings is 2. The summed E-state index contributed by atoms with van der Waals surface area (Å²) in [5.74, 6) is 1.55. The lowest BCUT2D eigenvalue weighted by atomic mass is 10.0. The molecule has 2 aromatic rings. The van der Waals surface area contributed by atoms with Crippen molar-refractivity contribution >= 4 is 0 Å². The number of hydrogen-bond donors (Lipinski definition) is 0. The number of ether oxygens (including phenoxy) is 1. The first kappa shape index (κ1) is 13.7. The Labute approximate surface area is 116 Å². The first-order chi connectivity index (χ1) is 9.25. The van der Waals surface area contributed by atoms with Crippen molar-refractivity contribution in [2.45, 2.75) is 32.6 Å². The van der Waals surface area contributed by atoms with Crippen LogP contribution in [0.3, 0.4) is 0 Å². The Morgan fingerprint density at radius 2 is 1.58 bits per heavy atom. The van der Waals surface area contributed by atoms with E-state index >= 15 is 0 Å². The van der Waals surface area contributed by atoms with E-state index in [4.69, 9.17) is 4.74 Å². The van der Waals surface area contributed by atoms with Gasteiger partial charge in [0.25, 0.3) is 0 Å². The molecule has 100 valence electrons. The molecule has 1 heteroatoms. The lowest BCUT2D eigenvalue weighted by Gasteiger charge is -2.09. The molecule has 0 atom stereocenters. The van der Waals surface area contributed by atoms with Crippen molar-refractivity contribution in [3.8, 4) is 5.75 Å². The van der Waals surface area contributed by atoms with E-state index in [1.165, 1.54) is 11.1 Å². The fourth-order valence-electron chi connectivity index (χ4n) is 2.06. The van der Waals surface area contributed by atoms with Gasteiger partial charge >= 0.3 is 0 Å². The summed E-state index contributed by atoms with van der Waals surface area (Å²) in [6.45, 7) is 5.18. The minimum atomic E-state index is 0.576. The summed E-state index contributed by atoms with van der Waals surface area (Å²) in [5.41, 5.74) is 2.73. The van der Waals surface area contributed by atoms with E-state index in [1.54, 1.807) is 0 Å². The third-order valence-corrected chi connectivity index (χ3v) is 3.27. The Morgan fingerprint density at radius 3 is 2.21 bits per heavy atom. The molecule has 0 aliphatic rings. The summed E-state index contributed by atoms with van der Waals surface area (Å²) in [6, 6.07) is 19.0.